The van der Waals surface area contributed by atoms with E-state index in [2.05, 4.69) is 15.1 Å². The Bertz CT molecular complexity index is 1430. The van der Waals surface area contributed by atoms with Crippen molar-refractivity contribution in [3.63, 3.8) is 0 Å². The fraction of sp³-hybridized carbons (Fsp3) is 0.148. The van der Waals surface area contributed by atoms with E-state index in [1.807, 2.05) is 62.4 Å². The van der Waals surface area contributed by atoms with Crippen molar-refractivity contribution in [1.82, 2.24) is 9.99 Å². The van der Waals surface area contributed by atoms with E-state index < -0.39 is 5.91 Å². The molecule has 8 nitrogen and oxygen atoms in total. The van der Waals surface area contributed by atoms with Gasteiger partial charge in [0.1, 0.15) is 11.7 Å². The zero-order valence-electron chi connectivity index (χ0n) is 19.8. The first kappa shape index (κ1) is 23.5. The van der Waals surface area contributed by atoms with Crippen molar-refractivity contribution in [3.05, 3.63) is 94.8 Å². The molecule has 0 bridgehead atoms. The van der Waals surface area contributed by atoms with Gasteiger partial charge in [-0.15, -0.1) is 0 Å². The number of ether oxygens (including phenoxy) is 2. The predicted octanol–water partition coefficient (Wildman–Crippen LogP) is 5.04. The van der Waals surface area contributed by atoms with Crippen molar-refractivity contribution in [2.24, 2.45) is 10.1 Å². The highest BCUT2D eigenvalue weighted by molar-refractivity contribution is 8.27. The molecule has 1 N–H and O–H groups in total. The van der Waals surface area contributed by atoms with Crippen LogP contribution in [0.1, 0.15) is 29.2 Å². The van der Waals surface area contributed by atoms with E-state index >= 15 is 0 Å². The molecule has 0 saturated heterocycles. The molecule has 3 heterocycles. The van der Waals surface area contributed by atoms with Crippen LogP contribution in [0.2, 0.25) is 0 Å². The predicted molar refractivity (Wildman–Crippen MR) is 141 cm³/mol. The van der Waals surface area contributed by atoms with Gasteiger partial charge in [0.25, 0.3) is 5.91 Å². The number of carbonyl (C=O) groups is 1. The normalized spacial score (nSPS) is 16.1. The Labute approximate surface area is 212 Å². The summed E-state index contributed by atoms with van der Waals surface area (Å²) in [6.45, 7) is 4.82. The monoisotopic (exact) mass is 497 g/mol. The molecule has 1 aromatic heterocycles. The van der Waals surface area contributed by atoms with Crippen LogP contribution in [-0.2, 0) is 11.4 Å². The van der Waals surface area contributed by atoms with Crippen molar-refractivity contribution in [2.75, 3.05) is 6.61 Å². The summed E-state index contributed by atoms with van der Waals surface area (Å²) in [5.74, 6) is 0.659. The Hall–Kier alpha value is -4.24. The molecule has 2 aromatic carbocycles. The number of benzene rings is 2. The molecule has 2 aliphatic heterocycles. The van der Waals surface area contributed by atoms with Crippen LogP contribution in [-0.4, -0.2) is 38.6 Å². The SMILES string of the molecule is CCOc1cc(C=C2C(=N)N3N=C(c4ccncc4)SC3=NC2=O)ccc1OCc1ccccc1C. The van der Waals surface area contributed by atoms with Crippen LogP contribution in [0.3, 0.4) is 0 Å². The minimum Gasteiger partial charge on any atom is -0.490 e. The number of thioether (sulfide) groups is 1. The number of fused-ring (bicyclic) bond motifs is 1. The molecule has 0 atom stereocenters. The van der Waals surface area contributed by atoms with E-state index in [1.54, 1.807) is 24.5 Å². The molecule has 5 rings (SSSR count). The minimum absolute atomic E-state index is 0.0283. The van der Waals surface area contributed by atoms with Crippen molar-refractivity contribution in [1.29, 1.82) is 5.41 Å². The molecule has 9 heteroatoms. The molecule has 0 saturated carbocycles. The number of aryl methyl sites for hydroxylation is 1. The third-order valence-electron chi connectivity index (χ3n) is 5.60. The van der Waals surface area contributed by atoms with E-state index in [-0.39, 0.29) is 11.4 Å². The second-order valence-corrected chi connectivity index (χ2v) is 8.97. The zero-order valence-corrected chi connectivity index (χ0v) is 20.6. The van der Waals surface area contributed by atoms with Crippen LogP contribution in [0.4, 0.5) is 0 Å². The largest absolute Gasteiger partial charge is 0.490 e. The van der Waals surface area contributed by atoms with Gasteiger partial charge in [-0.05, 0) is 72.6 Å². The number of nitrogens with zero attached hydrogens (tertiary/aromatic N) is 4. The Kier molecular flexibility index (Phi) is 6.64. The Morgan fingerprint density at radius 2 is 1.86 bits per heavy atom. The second kappa shape index (κ2) is 10.2. The van der Waals surface area contributed by atoms with Gasteiger partial charge >= 0.3 is 0 Å². The highest BCUT2D eigenvalue weighted by Crippen LogP contribution is 2.33. The van der Waals surface area contributed by atoms with Crippen LogP contribution in [0.5, 0.6) is 11.5 Å². The summed E-state index contributed by atoms with van der Waals surface area (Å²) in [5.41, 5.74) is 3.94. The topological polar surface area (TPSA) is 100 Å². The van der Waals surface area contributed by atoms with Gasteiger partial charge in [-0.25, -0.2) is 0 Å². The zero-order chi connectivity index (χ0) is 25.1. The van der Waals surface area contributed by atoms with Crippen LogP contribution < -0.4 is 9.47 Å². The van der Waals surface area contributed by atoms with Crippen LogP contribution in [0.15, 0.2) is 82.7 Å². The maximum absolute atomic E-state index is 12.8. The van der Waals surface area contributed by atoms with Gasteiger partial charge in [0.15, 0.2) is 17.3 Å². The Balaban J connectivity index is 1.40. The number of aromatic nitrogens is 1. The summed E-state index contributed by atoms with van der Waals surface area (Å²) in [5, 5.41) is 15.5. The second-order valence-electron chi connectivity index (χ2n) is 8.02. The Morgan fingerprint density at radius 1 is 1.06 bits per heavy atom. The molecule has 180 valence electrons. The lowest BCUT2D eigenvalue weighted by Gasteiger charge is -2.20. The summed E-state index contributed by atoms with van der Waals surface area (Å²) in [7, 11) is 0. The number of amidine groups is 2. The number of hydrogen-bond acceptors (Lipinski definition) is 7. The molecule has 2 aliphatic rings. The number of nitrogens with one attached hydrogen (secondary N) is 1. The van der Waals surface area contributed by atoms with Gasteiger partial charge in [-0.2, -0.15) is 15.1 Å². The first-order valence-corrected chi connectivity index (χ1v) is 12.2. The fourth-order valence-corrected chi connectivity index (χ4v) is 4.60. The highest BCUT2D eigenvalue weighted by Gasteiger charge is 2.36. The third-order valence-corrected chi connectivity index (χ3v) is 6.56. The van der Waals surface area contributed by atoms with Gasteiger partial charge < -0.3 is 9.47 Å². The maximum atomic E-state index is 12.8. The summed E-state index contributed by atoms with van der Waals surface area (Å²) in [4.78, 5) is 21.0. The lowest BCUT2D eigenvalue weighted by atomic mass is 10.1. The van der Waals surface area contributed by atoms with E-state index in [9.17, 15) is 4.79 Å². The molecule has 0 aliphatic carbocycles. The number of carbonyl (C=O) groups excluding carboxylic acids is 1. The minimum atomic E-state index is -0.484. The van der Waals surface area contributed by atoms with E-state index in [1.165, 1.54) is 16.8 Å². The number of aliphatic imine (C=N–C) groups is 1. The van der Waals surface area contributed by atoms with Gasteiger partial charge in [0.05, 0.1) is 12.2 Å². The number of amides is 1. The van der Waals surface area contributed by atoms with E-state index in [0.29, 0.717) is 40.5 Å². The third kappa shape index (κ3) is 4.78. The molecule has 0 spiro atoms. The van der Waals surface area contributed by atoms with Crippen LogP contribution in [0.25, 0.3) is 6.08 Å². The van der Waals surface area contributed by atoms with E-state index in [4.69, 9.17) is 14.9 Å². The quantitative estimate of drug-likeness (QED) is 0.459. The van der Waals surface area contributed by atoms with Gasteiger partial charge in [0.2, 0.25) is 5.17 Å². The average molecular weight is 498 g/mol. The molecule has 3 aromatic rings. The van der Waals surface area contributed by atoms with Crippen LogP contribution >= 0.6 is 11.8 Å². The smallest absolute Gasteiger partial charge is 0.283 e. The standard InChI is InChI=1S/C27H23N5O3S/c1-3-34-23-15-18(8-9-22(23)35-16-20-7-5-4-6-17(20)2)14-21-24(28)32-27(30-25(21)33)36-26(31-32)19-10-12-29-13-11-19/h4-15,28H,3,16H2,1-2H3. The maximum Gasteiger partial charge on any atom is 0.283 e. The van der Waals surface area contributed by atoms with Gasteiger partial charge in [-0.3, -0.25) is 15.2 Å². The van der Waals surface area contributed by atoms with Gasteiger partial charge in [-0.1, -0.05) is 30.3 Å². The molecular formula is C27H23N5O3S. The fourth-order valence-electron chi connectivity index (χ4n) is 3.70. The van der Waals surface area contributed by atoms with Crippen molar-refractivity contribution in [3.8, 4) is 11.5 Å². The number of hydrazone groups is 1. The molecule has 0 radical (unpaired) electrons. The summed E-state index contributed by atoms with van der Waals surface area (Å²) in [6.07, 6.45) is 4.97. The lowest BCUT2D eigenvalue weighted by Crippen LogP contribution is -2.35. The number of pyridine rings is 1. The summed E-state index contributed by atoms with van der Waals surface area (Å²) >= 11 is 1.25. The number of hydrogen-bond donors (Lipinski definition) is 1. The highest BCUT2D eigenvalue weighted by atomic mass is 32.2. The van der Waals surface area contributed by atoms with E-state index in [0.717, 1.165) is 16.7 Å². The molecular weight excluding hydrogens is 474 g/mol. The van der Waals surface area contributed by atoms with Crippen molar-refractivity contribution < 1.29 is 14.3 Å². The Morgan fingerprint density at radius 3 is 2.64 bits per heavy atom. The molecule has 1 amide bonds. The molecule has 36 heavy (non-hydrogen) atoms. The molecule has 0 fully saturated rings. The summed E-state index contributed by atoms with van der Waals surface area (Å²) in [6, 6.07) is 17.1. The first-order valence-electron chi connectivity index (χ1n) is 11.4. The van der Waals surface area contributed by atoms with Gasteiger partial charge in [0, 0.05) is 18.0 Å². The molecule has 0 unspecified atom stereocenters. The van der Waals surface area contributed by atoms with Crippen molar-refractivity contribution in [2.45, 2.75) is 20.5 Å². The van der Waals surface area contributed by atoms with Crippen molar-refractivity contribution >= 4 is 39.8 Å². The lowest BCUT2D eigenvalue weighted by molar-refractivity contribution is -0.114. The number of rotatable bonds is 7. The average Bonchev–Trinajstić information content (AvgIpc) is 3.32. The van der Waals surface area contributed by atoms with Crippen LogP contribution in [0, 0.1) is 12.3 Å². The first-order chi connectivity index (χ1) is 17.5. The summed E-state index contributed by atoms with van der Waals surface area (Å²) < 4.78 is 11.9.